The van der Waals surface area contributed by atoms with E-state index < -0.39 is 9.84 Å². The summed E-state index contributed by atoms with van der Waals surface area (Å²) in [4.78, 5) is 7.23. The fraction of sp³-hybridized carbons (Fsp3) is 0.938. The SMILES string of the molecule is CCNC(=NCC(C)N1CCCCC1C)NC1CCS(=O)(=O)C1.I. The van der Waals surface area contributed by atoms with Crippen molar-refractivity contribution >= 4 is 39.8 Å². The molecule has 0 radical (unpaired) electrons. The zero-order valence-corrected chi connectivity index (χ0v) is 18.3. The molecule has 0 aromatic carbocycles. The molecule has 0 aliphatic carbocycles. The van der Waals surface area contributed by atoms with Gasteiger partial charge in [0.05, 0.1) is 18.1 Å². The van der Waals surface area contributed by atoms with Crippen LogP contribution in [0.5, 0.6) is 0 Å². The van der Waals surface area contributed by atoms with Crippen molar-refractivity contribution in [3.05, 3.63) is 0 Å². The number of aliphatic imine (C=N–C) groups is 1. The first-order valence-corrected chi connectivity index (χ1v) is 10.7. The minimum Gasteiger partial charge on any atom is -0.357 e. The lowest BCUT2D eigenvalue weighted by molar-refractivity contribution is 0.118. The van der Waals surface area contributed by atoms with Crippen LogP contribution in [0.1, 0.15) is 46.5 Å². The Balaban J connectivity index is 0.00000288. The topological polar surface area (TPSA) is 73.8 Å². The van der Waals surface area contributed by atoms with Gasteiger partial charge in [0.25, 0.3) is 0 Å². The van der Waals surface area contributed by atoms with Crippen LogP contribution in [0.2, 0.25) is 0 Å². The molecule has 2 heterocycles. The van der Waals surface area contributed by atoms with Crippen LogP contribution in [0.4, 0.5) is 0 Å². The molecule has 6 nitrogen and oxygen atoms in total. The van der Waals surface area contributed by atoms with Crippen LogP contribution < -0.4 is 10.6 Å². The van der Waals surface area contributed by atoms with E-state index in [9.17, 15) is 8.42 Å². The average molecular weight is 472 g/mol. The average Bonchev–Trinajstić information content (AvgIpc) is 2.84. The van der Waals surface area contributed by atoms with Crippen LogP contribution in [-0.2, 0) is 9.84 Å². The van der Waals surface area contributed by atoms with Crippen molar-refractivity contribution in [3.8, 4) is 0 Å². The molecule has 2 N–H and O–H groups in total. The van der Waals surface area contributed by atoms with Gasteiger partial charge < -0.3 is 10.6 Å². The molecule has 3 unspecified atom stereocenters. The van der Waals surface area contributed by atoms with Crippen LogP contribution in [0.3, 0.4) is 0 Å². The quantitative estimate of drug-likeness (QED) is 0.362. The Morgan fingerprint density at radius 2 is 2.08 bits per heavy atom. The van der Waals surface area contributed by atoms with Gasteiger partial charge in [-0.05, 0) is 46.6 Å². The minimum absolute atomic E-state index is 0. The highest BCUT2D eigenvalue weighted by Gasteiger charge is 2.28. The van der Waals surface area contributed by atoms with Crippen molar-refractivity contribution in [1.82, 2.24) is 15.5 Å². The predicted octanol–water partition coefficient (Wildman–Crippen LogP) is 1.61. The molecule has 0 bridgehead atoms. The number of sulfone groups is 1. The first-order valence-electron chi connectivity index (χ1n) is 8.92. The predicted molar refractivity (Wildman–Crippen MR) is 111 cm³/mol. The van der Waals surface area contributed by atoms with Crippen molar-refractivity contribution in [2.24, 2.45) is 4.99 Å². The Hall–Kier alpha value is -0.0900. The third-order valence-corrected chi connectivity index (χ3v) is 6.62. The molecule has 24 heavy (non-hydrogen) atoms. The Morgan fingerprint density at radius 1 is 1.33 bits per heavy atom. The smallest absolute Gasteiger partial charge is 0.191 e. The summed E-state index contributed by atoms with van der Waals surface area (Å²) in [6, 6.07) is 1.03. The van der Waals surface area contributed by atoms with Crippen molar-refractivity contribution in [1.29, 1.82) is 0 Å². The molecule has 0 spiro atoms. The maximum absolute atomic E-state index is 11.6. The number of piperidine rings is 1. The summed E-state index contributed by atoms with van der Waals surface area (Å²) in [6.07, 6.45) is 4.54. The molecule has 2 fully saturated rings. The molecule has 2 rings (SSSR count). The van der Waals surface area contributed by atoms with Gasteiger partial charge in [-0.25, -0.2) is 8.42 Å². The number of guanidine groups is 1. The highest BCUT2D eigenvalue weighted by molar-refractivity contribution is 14.0. The molecule has 0 saturated carbocycles. The molecule has 0 amide bonds. The molecule has 8 heteroatoms. The highest BCUT2D eigenvalue weighted by atomic mass is 127. The molecule has 0 aromatic heterocycles. The van der Waals surface area contributed by atoms with Crippen LogP contribution in [-0.4, -0.2) is 68.5 Å². The Bertz CT molecular complexity index is 512. The summed E-state index contributed by atoms with van der Waals surface area (Å²) in [5.41, 5.74) is 0. The fourth-order valence-electron chi connectivity index (χ4n) is 3.53. The fourth-order valence-corrected chi connectivity index (χ4v) is 5.20. The van der Waals surface area contributed by atoms with Gasteiger partial charge in [-0.15, -0.1) is 24.0 Å². The number of nitrogens with zero attached hydrogens (tertiary/aromatic N) is 2. The van der Waals surface area contributed by atoms with Gasteiger partial charge in [-0.3, -0.25) is 9.89 Å². The molecule has 0 aromatic rings. The highest BCUT2D eigenvalue weighted by Crippen LogP contribution is 2.19. The summed E-state index contributed by atoms with van der Waals surface area (Å²) < 4.78 is 23.2. The van der Waals surface area contributed by atoms with Gasteiger partial charge >= 0.3 is 0 Å². The first-order chi connectivity index (χ1) is 10.9. The van der Waals surface area contributed by atoms with Crippen LogP contribution in [0, 0.1) is 0 Å². The van der Waals surface area contributed by atoms with Gasteiger partial charge in [0.2, 0.25) is 0 Å². The van der Waals surface area contributed by atoms with E-state index in [4.69, 9.17) is 4.99 Å². The zero-order valence-electron chi connectivity index (χ0n) is 15.1. The summed E-state index contributed by atoms with van der Waals surface area (Å²) in [5, 5.41) is 6.52. The first kappa shape index (κ1) is 22.0. The largest absolute Gasteiger partial charge is 0.357 e. The van der Waals surface area contributed by atoms with E-state index in [0.29, 0.717) is 18.5 Å². The number of hydrogen-bond acceptors (Lipinski definition) is 4. The van der Waals surface area contributed by atoms with Crippen molar-refractivity contribution in [2.75, 3.05) is 31.1 Å². The van der Waals surface area contributed by atoms with Crippen LogP contribution in [0.25, 0.3) is 0 Å². The normalized spacial score (nSPS) is 28.9. The molecule has 2 saturated heterocycles. The van der Waals surface area contributed by atoms with E-state index in [1.54, 1.807) is 0 Å². The monoisotopic (exact) mass is 472 g/mol. The Morgan fingerprint density at radius 3 is 2.67 bits per heavy atom. The molecule has 142 valence electrons. The summed E-state index contributed by atoms with van der Waals surface area (Å²) in [6.45, 7) is 9.22. The summed E-state index contributed by atoms with van der Waals surface area (Å²) in [5.74, 6) is 1.24. The number of halogens is 1. The summed E-state index contributed by atoms with van der Waals surface area (Å²) >= 11 is 0. The molecule has 3 atom stereocenters. The molecule has 2 aliphatic heterocycles. The van der Waals surface area contributed by atoms with Gasteiger partial charge in [0, 0.05) is 24.7 Å². The molecule has 2 aliphatic rings. The molecular formula is C16H33IN4O2S. The van der Waals surface area contributed by atoms with Gasteiger partial charge in [-0.2, -0.15) is 0 Å². The standard InChI is InChI=1S/C16H32N4O2S.HI/c1-4-17-16(19-15-8-10-23(21,22)12-15)18-11-14(3)20-9-6-5-7-13(20)2;/h13-15H,4-12H2,1-3H3,(H2,17,18,19);1H. The second-order valence-corrected chi connectivity index (χ2v) is 9.12. The van der Waals surface area contributed by atoms with Crippen LogP contribution in [0.15, 0.2) is 4.99 Å². The van der Waals surface area contributed by atoms with Crippen molar-refractivity contribution in [3.63, 3.8) is 0 Å². The van der Waals surface area contributed by atoms with Crippen molar-refractivity contribution < 1.29 is 8.42 Å². The minimum atomic E-state index is -2.87. The zero-order chi connectivity index (χ0) is 16.9. The van der Waals surface area contributed by atoms with Crippen molar-refractivity contribution in [2.45, 2.75) is 64.6 Å². The van der Waals surface area contributed by atoms with E-state index in [1.165, 1.54) is 19.3 Å². The number of rotatable bonds is 5. The third kappa shape index (κ3) is 6.67. The second-order valence-electron chi connectivity index (χ2n) is 6.90. The maximum atomic E-state index is 11.6. The lowest BCUT2D eigenvalue weighted by Crippen LogP contribution is -2.47. The Kier molecular flexibility index (Phi) is 9.29. The third-order valence-electron chi connectivity index (χ3n) is 4.85. The van der Waals surface area contributed by atoms with Crippen LogP contribution >= 0.6 is 24.0 Å². The van der Waals surface area contributed by atoms with E-state index in [0.717, 1.165) is 25.6 Å². The number of hydrogen-bond donors (Lipinski definition) is 2. The van der Waals surface area contributed by atoms with Gasteiger partial charge in [0.15, 0.2) is 15.8 Å². The van der Waals surface area contributed by atoms with Gasteiger partial charge in [0.1, 0.15) is 0 Å². The van der Waals surface area contributed by atoms with E-state index >= 15 is 0 Å². The number of nitrogens with one attached hydrogen (secondary N) is 2. The lowest BCUT2D eigenvalue weighted by atomic mass is 10.0. The lowest BCUT2D eigenvalue weighted by Gasteiger charge is -2.37. The Labute approximate surface area is 164 Å². The number of likely N-dealkylation sites (tertiary alicyclic amines) is 1. The van der Waals surface area contributed by atoms with E-state index in [1.807, 2.05) is 6.92 Å². The summed E-state index contributed by atoms with van der Waals surface area (Å²) in [7, 11) is -2.87. The van der Waals surface area contributed by atoms with Gasteiger partial charge in [-0.1, -0.05) is 6.42 Å². The van der Waals surface area contributed by atoms with E-state index in [2.05, 4.69) is 29.4 Å². The second kappa shape index (κ2) is 10.2. The maximum Gasteiger partial charge on any atom is 0.191 e. The molecular weight excluding hydrogens is 439 g/mol. The van der Waals surface area contributed by atoms with E-state index in [-0.39, 0.29) is 41.5 Å².